The molecule has 4 heteroatoms. The number of nitrogens with zero attached hydrogens (tertiary/aromatic N) is 2. The van der Waals surface area contributed by atoms with Crippen molar-refractivity contribution in [2.24, 2.45) is 5.73 Å². The maximum atomic E-state index is 12.4. The largest absolute Gasteiger partial charge is 0.336 e. The Morgan fingerprint density at radius 1 is 1.50 bits per heavy atom. The maximum Gasteiger partial charge on any atom is 0.255 e. The zero-order chi connectivity index (χ0) is 13.0. The van der Waals surface area contributed by atoms with Crippen LogP contribution in [0.1, 0.15) is 41.7 Å². The van der Waals surface area contributed by atoms with Crippen molar-refractivity contribution in [1.82, 2.24) is 9.88 Å². The molecule has 1 aliphatic carbocycles. The number of carbonyl (C=O) groups excluding carboxylic acids is 1. The Morgan fingerprint density at radius 2 is 2.28 bits per heavy atom. The van der Waals surface area contributed by atoms with Gasteiger partial charge in [0, 0.05) is 24.5 Å². The molecule has 1 aliphatic rings. The van der Waals surface area contributed by atoms with Crippen molar-refractivity contribution >= 4 is 5.91 Å². The van der Waals surface area contributed by atoms with E-state index in [1.54, 1.807) is 6.20 Å². The quantitative estimate of drug-likeness (QED) is 0.862. The highest BCUT2D eigenvalue weighted by Gasteiger charge is 2.28. The number of nitrogens with two attached hydrogens (primary N) is 1. The third-order valence-corrected chi connectivity index (χ3v) is 3.54. The molecule has 1 saturated carbocycles. The smallest absolute Gasteiger partial charge is 0.255 e. The Kier molecular flexibility index (Phi) is 4.31. The summed E-state index contributed by atoms with van der Waals surface area (Å²) in [4.78, 5) is 18.6. The zero-order valence-corrected chi connectivity index (χ0v) is 10.9. The van der Waals surface area contributed by atoms with Gasteiger partial charge in [0.2, 0.25) is 0 Å². The zero-order valence-electron chi connectivity index (χ0n) is 10.9. The molecule has 18 heavy (non-hydrogen) atoms. The second-order valence-electron chi connectivity index (χ2n) is 4.91. The van der Waals surface area contributed by atoms with Crippen LogP contribution in [0.3, 0.4) is 0 Å². The highest BCUT2D eigenvalue weighted by molar-refractivity contribution is 5.94. The highest BCUT2D eigenvalue weighted by Crippen LogP contribution is 2.26. The van der Waals surface area contributed by atoms with E-state index in [1.165, 1.54) is 6.42 Å². The van der Waals surface area contributed by atoms with E-state index >= 15 is 0 Å². The molecule has 0 atom stereocenters. The number of hydrogen-bond acceptors (Lipinski definition) is 3. The number of carbonyl (C=O) groups is 1. The molecule has 4 nitrogen and oxygen atoms in total. The molecule has 1 amide bonds. The average molecular weight is 247 g/mol. The SMILES string of the molecule is Cc1ccc(C(=O)N(CCCN)C2CCC2)cn1. The van der Waals surface area contributed by atoms with Crippen molar-refractivity contribution in [3.8, 4) is 0 Å². The van der Waals surface area contributed by atoms with Gasteiger partial charge in [-0.25, -0.2) is 0 Å². The topological polar surface area (TPSA) is 59.2 Å². The van der Waals surface area contributed by atoms with Gasteiger partial charge in [0.25, 0.3) is 5.91 Å². The normalized spacial score (nSPS) is 15.2. The summed E-state index contributed by atoms with van der Waals surface area (Å²) in [7, 11) is 0. The average Bonchev–Trinajstić information content (AvgIpc) is 2.32. The Balaban J connectivity index is 2.08. The van der Waals surface area contributed by atoms with Crippen molar-refractivity contribution in [2.45, 2.75) is 38.6 Å². The monoisotopic (exact) mass is 247 g/mol. The van der Waals surface area contributed by atoms with E-state index in [9.17, 15) is 4.79 Å². The first-order chi connectivity index (χ1) is 8.72. The molecule has 1 aromatic heterocycles. The van der Waals surface area contributed by atoms with Gasteiger partial charge in [-0.15, -0.1) is 0 Å². The molecule has 1 fully saturated rings. The summed E-state index contributed by atoms with van der Waals surface area (Å²) >= 11 is 0. The molecule has 0 bridgehead atoms. The van der Waals surface area contributed by atoms with Crippen LogP contribution in [-0.2, 0) is 0 Å². The number of aryl methyl sites for hydroxylation is 1. The van der Waals surface area contributed by atoms with E-state index in [0.717, 1.165) is 31.5 Å². The van der Waals surface area contributed by atoms with Crippen LogP contribution in [0.5, 0.6) is 0 Å². The van der Waals surface area contributed by atoms with Crippen LogP contribution < -0.4 is 5.73 Å². The third kappa shape index (κ3) is 2.88. The minimum absolute atomic E-state index is 0.0978. The van der Waals surface area contributed by atoms with Crippen molar-refractivity contribution in [2.75, 3.05) is 13.1 Å². The van der Waals surface area contributed by atoms with Crippen LogP contribution in [0.4, 0.5) is 0 Å². The summed E-state index contributed by atoms with van der Waals surface area (Å²) in [6.45, 7) is 3.31. The van der Waals surface area contributed by atoms with Gasteiger partial charge in [-0.3, -0.25) is 9.78 Å². The summed E-state index contributed by atoms with van der Waals surface area (Å²) in [5.41, 5.74) is 7.16. The van der Waals surface area contributed by atoms with E-state index in [2.05, 4.69) is 4.98 Å². The number of pyridine rings is 1. The molecule has 0 spiro atoms. The van der Waals surface area contributed by atoms with Crippen LogP contribution >= 0.6 is 0 Å². The molecule has 2 N–H and O–H groups in total. The fourth-order valence-corrected chi connectivity index (χ4v) is 2.17. The molecular weight excluding hydrogens is 226 g/mol. The molecule has 0 unspecified atom stereocenters. The highest BCUT2D eigenvalue weighted by atomic mass is 16.2. The summed E-state index contributed by atoms with van der Waals surface area (Å²) in [5.74, 6) is 0.0978. The predicted octanol–water partition coefficient (Wildman–Crippen LogP) is 1.73. The van der Waals surface area contributed by atoms with Crippen LogP contribution in [0.15, 0.2) is 18.3 Å². The Hall–Kier alpha value is -1.42. The lowest BCUT2D eigenvalue weighted by Crippen LogP contribution is -2.45. The molecule has 2 rings (SSSR count). The van der Waals surface area contributed by atoms with Crippen molar-refractivity contribution in [1.29, 1.82) is 0 Å². The number of rotatable bonds is 5. The van der Waals surface area contributed by atoms with Gasteiger partial charge in [-0.05, 0) is 51.3 Å². The van der Waals surface area contributed by atoms with Gasteiger partial charge in [-0.2, -0.15) is 0 Å². The van der Waals surface area contributed by atoms with Gasteiger partial charge < -0.3 is 10.6 Å². The first-order valence-corrected chi connectivity index (χ1v) is 6.66. The van der Waals surface area contributed by atoms with E-state index in [4.69, 9.17) is 5.73 Å². The Bertz CT molecular complexity index is 398. The van der Waals surface area contributed by atoms with Crippen molar-refractivity contribution in [3.05, 3.63) is 29.6 Å². The number of hydrogen-bond donors (Lipinski definition) is 1. The van der Waals surface area contributed by atoms with Crippen molar-refractivity contribution < 1.29 is 4.79 Å². The first kappa shape index (κ1) is 13.0. The predicted molar refractivity (Wildman–Crippen MR) is 71.3 cm³/mol. The summed E-state index contributed by atoms with van der Waals surface area (Å²) < 4.78 is 0. The minimum Gasteiger partial charge on any atom is -0.336 e. The van der Waals surface area contributed by atoms with Gasteiger partial charge in [-0.1, -0.05) is 0 Å². The molecule has 0 aliphatic heterocycles. The minimum atomic E-state index is 0.0978. The molecule has 1 heterocycles. The van der Waals surface area contributed by atoms with Crippen molar-refractivity contribution in [3.63, 3.8) is 0 Å². The molecule has 0 radical (unpaired) electrons. The second kappa shape index (κ2) is 5.96. The van der Waals surface area contributed by atoms with E-state index in [1.807, 2.05) is 24.0 Å². The summed E-state index contributed by atoms with van der Waals surface area (Å²) in [6, 6.07) is 4.15. The van der Waals surface area contributed by atoms with Crippen LogP contribution in [0.25, 0.3) is 0 Å². The molecular formula is C14H21N3O. The standard InChI is InChI=1S/C14H21N3O/c1-11-6-7-12(10-16-11)14(18)17(9-3-8-15)13-4-2-5-13/h6-7,10,13H,2-5,8-9,15H2,1H3. The van der Waals surface area contributed by atoms with Crippen LogP contribution in [-0.4, -0.2) is 34.9 Å². The Labute approximate surface area is 108 Å². The molecule has 0 saturated heterocycles. The van der Waals surface area contributed by atoms with Crippen LogP contribution in [0, 0.1) is 6.92 Å². The van der Waals surface area contributed by atoms with Gasteiger partial charge in [0.15, 0.2) is 0 Å². The lowest BCUT2D eigenvalue weighted by molar-refractivity contribution is 0.0578. The van der Waals surface area contributed by atoms with E-state index < -0.39 is 0 Å². The molecule has 98 valence electrons. The van der Waals surface area contributed by atoms with Gasteiger partial charge in [0.05, 0.1) is 5.56 Å². The second-order valence-corrected chi connectivity index (χ2v) is 4.91. The lowest BCUT2D eigenvalue weighted by Gasteiger charge is -2.37. The maximum absolute atomic E-state index is 12.4. The molecule has 0 aromatic carbocycles. The first-order valence-electron chi connectivity index (χ1n) is 6.66. The summed E-state index contributed by atoms with van der Waals surface area (Å²) in [5, 5.41) is 0. The fraction of sp³-hybridized carbons (Fsp3) is 0.571. The number of aromatic nitrogens is 1. The van der Waals surface area contributed by atoms with Gasteiger partial charge in [0.1, 0.15) is 0 Å². The van der Waals surface area contributed by atoms with Gasteiger partial charge >= 0.3 is 0 Å². The Morgan fingerprint density at radius 3 is 2.78 bits per heavy atom. The van der Waals surface area contributed by atoms with E-state index in [-0.39, 0.29) is 5.91 Å². The van der Waals surface area contributed by atoms with E-state index in [0.29, 0.717) is 18.2 Å². The summed E-state index contributed by atoms with van der Waals surface area (Å²) in [6.07, 6.45) is 6.00. The fourth-order valence-electron chi connectivity index (χ4n) is 2.17. The third-order valence-electron chi connectivity index (χ3n) is 3.54. The number of amides is 1. The lowest BCUT2D eigenvalue weighted by atomic mass is 9.91. The molecule has 1 aromatic rings. The van der Waals surface area contributed by atoms with Crippen LogP contribution in [0.2, 0.25) is 0 Å².